The molecule has 1 amide bonds. The highest BCUT2D eigenvalue weighted by molar-refractivity contribution is 9.10. The second kappa shape index (κ2) is 6.90. The van der Waals surface area contributed by atoms with Gasteiger partial charge in [0.05, 0.1) is 24.4 Å². The van der Waals surface area contributed by atoms with Gasteiger partial charge in [-0.05, 0) is 46.6 Å². The predicted molar refractivity (Wildman–Crippen MR) is 68.4 cm³/mol. The van der Waals surface area contributed by atoms with Gasteiger partial charge < -0.3 is 9.47 Å². The van der Waals surface area contributed by atoms with Crippen molar-refractivity contribution in [3.63, 3.8) is 0 Å². The Morgan fingerprint density at radius 3 is 2.94 bits per heavy atom. The van der Waals surface area contributed by atoms with Gasteiger partial charge in [0.25, 0.3) is 0 Å². The van der Waals surface area contributed by atoms with E-state index in [9.17, 15) is 4.79 Å². The van der Waals surface area contributed by atoms with Crippen LogP contribution in [0.3, 0.4) is 0 Å². The number of halogens is 1. The molecule has 0 aliphatic heterocycles. The van der Waals surface area contributed by atoms with Crippen molar-refractivity contribution in [1.82, 2.24) is 5.43 Å². The maximum Gasteiger partial charge on any atom is 0.427 e. The zero-order valence-corrected chi connectivity index (χ0v) is 11.2. The molecule has 0 aliphatic rings. The van der Waals surface area contributed by atoms with E-state index in [1.54, 1.807) is 20.1 Å². The van der Waals surface area contributed by atoms with Gasteiger partial charge in [0.15, 0.2) is 0 Å². The lowest BCUT2D eigenvalue weighted by molar-refractivity contribution is 0.152. The van der Waals surface area contributed by atoms with Gasteiger partial charge in [0.1, 0.15) is 5.75 Å². The van der Waals surface area contributed by atoms with E-state index >= 15 is 0 Å². The minimum absolute atomic E-state index is 0.315. The molecule has 0 unspecified atom stereocenters. The van der Waals surface area contributed by atoms with Crippen molar-refractivity contribution in [2.45, 2.75) is 6.92 Å². The van der Waals surface area contributed by atoms with Crippen LogP contribution in [0.4, 0.5) is 4.79 Å². The Morgan fingerprint density at radius 2 is 2.35 bits per heavy atom. The van der Waals surface area contributed by atoms with Crippen LogP contribution >= 0.6 is 15.9 Å². The zero-order chi connectivity index (χ0) is 12.7. The molecule has 0 fully saturated rings. The number of rotatable bonds is 4. The fraction of sp³-hybridized carbons (Fsp3) is 0.273. The van der Waals surface area contributed by atoms with Crippen LogP contribution in [0.1, 0.15) is 12.5 Å². The lowest BCUT2D eigenvalue weighted by Crippen LogP contribution is -2.18. The molecule has 1 rings (SSSR count). The Bertz CT molecular complexity index is 421. The maximum atomic E-state index is 10.9. The van der Waals surface area contributed by atoms with Crippen LogP contribution < -0.4 is 10.2 Å². The number of benzene rings is 1. The first kappa shape index (κ1) is 13.5. The smallest absolute Gasteiger partial charge is 0.427 e. The number of hydrazone groups is 1. The Hall–Kier alpha value is -1.56. The van der Waals surface area contributed by atoms with Crippen LogP contribution in [0.2, 0.25) is 0 Å². The van der Waals surface area contributed by atoms with Crippen molar-refractivity contribution in [3.05, 3.63) is 28.2 Å². The highest BCUT2D eigenvalue weighted by atomic mass is 79.9. The average molecular weight is 301 g/mol. The Balaban J connectivity index is 2.60. The minimum Gasteiger partial charge on any atom is -0.496 e. The van der Waals surface area contributed by atoms with E-state index < -0.39 is 6.09 Å². The topological polar surface area (TPSA) is 59.9 Å². The van der Waals surface area contributed by atoms with Crippen LogP contribution in [-0.4, -0.2) is 26.0 Å². The van der Waals surface area contributed by atoms with Crippen LogP contribution in [0.15, 0.2) is 27.8 Å². The molecule has 0 heterocycles. The summed E-state index contributed by atoms with van der Waals surface area (Å²) in [7, 11) is 1.59. The summed E-state index contributed by atoms with van der Waals surface area (Å²) in [5, 5.41) is 3.75. The number of methoxy groups -OCH3 is 1. The molecule has 0 saturated heterocycles. The van der Waals surface area contributed by atoms with E-state index in [0.717, 1.165) is 15.8 Å². The molecule has 92 valence electrons. The van der Waals surface area contributed by atoms with Gasteiger partial charge in [-0.15, -0.1) is 0 Å². The summed E-state index contributed by atoms with van der Waals surface area (Å²) in [6, 6.07) is 5.45. The highest BCUT2D eigenvalue weighted by Gasteiger charge is 2.00. The molecule has 0 spiro atoms. The van der Waals surface area contributed by atoms with Gasteiger partial charge in [-0.25, -0.2) is 10.2 Å². The fourth-order valence-electron chi connectivity index (χ4n) is 1.09. The first-order valence-electron chi connectivity index (χ1n) is 4.96. The van der Waals surface area contributed by atoms with E-state index in [2.05, 4.69) is 31.2 Å². The molecule has 1 aromatic rings. The number of amides is 1. The standard InChI is InChI=1S/C11H13BrN2O3/c1-3-17-11(15)14-13-7-8-4-5-10(16-2)9(12)6-8/h4-7H,3H2,1-2H3,(H,14,15)/b13-7-. The summed E-state index contributed by atoms with van der Waals surface area (Å²) in [6.07, 6.45) is 0.942. The lowest BCUT2D eigenvalue weighted by Gasteiger charge is -2.03. The molecule has 0 aliphatic carbocycles. The average Bonchev–Trinajstić information content (AvgIpc) is 2.29. The third-order valence-electron chi connectivity index (χ3n) is 1.82. The number of ether oxygens (including phenoxy) is 2. The van der Waals surface area contributed by atoms with Crippen molar-refractivity contribution in [3.8, 4) is 5.75 Å². The summed E-state index contributed by atoms with van der Waals surface area (Å²) in [4.78, 5) is 10.9. The zero-order valence-electron chi connectivity index (χ0n) is 9.57. The number of nitrogens with zero attached hydrogens (tertiary/aromatic N) is 1. The predicted octanol–water partition coefficient (Wildman–Crippen LogP) is 2.54. The van der Waals surface area contributed by atoms with E-state index in [1.165, 1.54) is 6.21 Å². The number of carbonyl (C=O) groups is 1. The maximum absolute atomic E-state index is 10.9. The van der Waals surface area contributed by atoms with E-state index in [-0.39, 0.29) is 0 Å². The first-order valence-corrected chi connectivity index (χ1v) is 5.76. The van der Waals surface area contributed by atoms with Crippen LogP contribution in [0.25, 0.3) is 0 Å². The molecule has 17 heavy (non-hydrogen) atoms. The normalized spacial score (nSPS) is 10.3. The second-order valence-electron chi connectivity index (χ2n) is 2.98. The molecule has 0 atom stereocenters. The number of hydrogen-bond acceptors (Lipinski definition) is 4. The lowest BCUT2D eigenvalue weighted by atomic mass is 10.2. The summed E-state index contributed by atoms with van der Waals surface area (Å²) in [5.41, 5.74) is 3.07. The van der Waals surface area contributed by atoms with E-state index in [1.807, 2.05) is 12.1 Å². The molecule has 6 heteroatoms. The quantitative estimate of drug-likeness (QED) is 0.686. The van der Waals surface area contributed by atoms with Gasteiger partial charge >= 0.3 is 6.09 Å². The van der Waals surface area contributed by atoms with Crippen LogP contribution in [0.5, 0.6) is 5.75 Å². The summed E-state index contributed by atoms with van der Waals surface area (Å²) < 4.78 is 10.6. The third-order valence-corrected chi connectivity index (χ3v) is 2.44. The molecular weight excluding hydrogens is 288 g/mol. The van der Waals surface area contributed by atoms with E-state index in [0.29, 0.717) is 6.61 Å². The van der Waals surface area contributed by atoms with E-state index in [4.69, 9.17) is 4.74 Å². The first-order chi connectivity index (χ1) is 8.17. The van der Waals surface area contributed by atoms with Crippen molar-refractivity contribution < 1.29 is 14.3 Å². The van der Waals surface area contributed by atoms with Crippen molar-refractivity contribution in [2.24, 2.45) is 5.10 Å². The second-order valence-corrected chi connectivity index (χ2v) is 3.84. The Kier molecular flexibility index (Phi) is 5.48. The molecule has 5 nitrogen and oxygen atoms in total. The molecular formula is C11H13BrN2O3. The summed E-state index contributed by atoms with van der Waals surface area (Å²) in [5.74, 6) is 0.737. The minimum atomic E-state index is -0.573. The number of nitrogens with one attached hydrogen (secondary N) is 1. The van der Waals surface area contributed by atoms with Gasteiger partial charge in [0, 0.05) is 0 Å². The van der Waals surface area contributed by atoms with Crippen LogP contribution in [-0.2, 0) is 4.74 Å². The van der Waals surface area contributed by atoms with Crippen molar-refractivity contribution >= 4 is 28.2 Å². The molecule has 0 bridgehead atoms. The molecule has 1 aromatic carbocycles. The van der Waals surface area contributed by atoms with Crippen LogP contribution in [0, 0.1) is 0 Å². The summed E-state index contributed by atoms with van der Waals surface area (Å²) in [6.45, 7) is 2.04. The van der Waals surface area contributed by atoms with Crippen molar-refractivity contribution in [1.29, 1.82) is 0 Å². The largest absolute Gasteiger partial charge is 0.496 e. The SMILES string of the molecule is CCOC(=O)N/N=C\c1ccc(OC)c(Br)c1. The highest BCUT2D eigenvalue weighted by Crippen LogP contribution is 2.24. The van der Waals surface area contributed by atoms with Gasteiger partial charge in [-0.2, -0.15) is 5.10 Å². The fourth-order valence-corrected chi connectivity index (χ4v) is 1.64. The van der Waals surface area contributed by atoms with Crippen molar-refractivity contribution in [2.75, 3.05) is 13.7 Å². The Labute approximate surface area is 108 Å². The number of carbonyl (C=O) groups excluding carboxylic acids is 1. The van der Waals surface area contributed by atoms with Gasteiger partial charge in [0.2, 0.25) is 0 Å². The Morgan fingerprint density at radius 1 is 1.59 bits per heavy atom. The third kappa shape index (κ3) is 4.44. The van der Waals surface area contributed by atoms with Gasteiger partial charge in [-0.3, -0.25) is 0 Å². The molecule has 0 saturated carbocycles. The monoisotopic (exact) mass is 300 g/mol. The number of hydrogen-bond donors (Lipinski definition) is 1. The summed E-state index contributed by atoms with van der Waals surface area (Å²) >= 11 is 3.35. The molecule has 1 N–H and O–H groups in total. The molecule has 0 aromatic heterocycles. The van der Waals surface area contributed by atoms with Gasteiger partial charge in [-0.1, -0.05) is 0 Å². The molecule has 0 radical (unpaired) electrons.